The molecule has 1 amide bonds. The molecule has 0 spiro atoms. The maximum Gasteiger partial charge on any atom is 0.254 e. The van der Waals surface area contributed by atoms with Gasteiger partial charge in [0.25, 0.3) is 5.91 Å². The van der Waals surface area contributed by atoms with Crippen molar-refractivity contribution >= 4 is 11.6 Å². The van der Waals surface area contributed by atoms with E-state index in [1.165, 1.54) is 6.42 Å². The van der Waals surface area contributed by atoms with Gasteiger partial charge in [-0.15, -0.1) is 6.58 Å². The third kappa shape index (κ3) is 2.68. The lowest BCUT2D eigenvalue weighted by Crippen LogP contribution is -2.59. The Morgan fingerprint density at radius 1 is 1.43 bits per heavy atom. The predicted octanol–water partition coefficient (Wildman–Crippen LogP) is 2.31. The van der Waals surface area contributed by atoms with Gasteiger partial charge in [0.15, 0.2) is 0 Å². The molecule has 1 aromatic rings. The van der Waals surface area contributed by atoms with E-state index in [9.17, 15) is 4.79 Å². The van der Waals surface area contributed by atoms with E-state index in [4.69, 9.17) is 0 Å². The second kappa shape index (κ2) is 5.90. The van der Waals surface area contributed by atoms with Crippen molar-refractivity contribution in [2.45, 2.75) is 19.0 Å². The fraction of sp³-hybridized carbons (Fsp3) is 0.471. The second-order valence-corrected chi connectivity index (χ2v) is 5.96. The van der Waals surface area contributed by atoms with Crippen LogP contribution in [0.5, 0.6) is 0 Å². The number of anilines is 1. The average Bonchev–Trinajstić information content (AvgIpc) is 2.55. The molecule has 0 saturated carbocycles. The van der Waals surface area contributed by atoms with E-state index in [1.807, 2.05) is 31.3 Å². The lowest BCUT2D eigenvalue weighted by molar-refractivity contribution is 0.00468. The van der Waals surface area contributed by atoms with Gasteiger partial charge in [0.05, 0.1) is 11.7 Å². The van der Waals surface area contributed by atoms with Crippen LogP contribution in [0.2, 0.25) is 0 Å². The Hall–Kier alpha value is -1.81. The van der Waals surface area contributed by atoms with Crippen LogP contribution in [0.1, 0.15) is 23.2 Å². The van der Waals surface area contributed by atoms with Gasteiger partial charge in [0, 0.05) is 25.8 Å². The standard InChI is InChI=1S/C17H23N3O/c1-3-12-11-20-9-8-13(12)10-16(20)19-17(21)14-6-4-5-7-15(14)18-2/h3-7,12-13,16,18H,1,8-11H2,2H3,(H,19,21)/t12-,13-,16+/m0/s1. The number of para-hydroxylation sites is 1. The maximum absolute atomic E-state index is 12.5. The van der Waals surface area contributed by atoms with E-state index in [0.29, 0.717) is 17.4 Å². The van der Waals surface area contributed by atoms with E-state index < -0.39 is 0 Å². The highest BCUT2D eigenvalue weighted by molar-refractivity contribution is 5.99. The van der Waals surface area contributed by atoms with Gasteiger partial charge in [0.2, 0.25) is 0 Å². The van der Waals surface area contributed by atoms with E-state index in [1.54, 1.807) is 0 Å². The zero-order valence-electron chi connectivity index (χ0n) is 12.5. The van der Waals surface area contributed by atoms with E-state index >= 15 is 0 Å². The molecule has 3 heterocycles. The molecule has 2 bridgehead atoms. The van der Waals surface area contributed by atoms with Crippen LogP contribution in [-0.4, -0.2) is 37.1 Å². The number of rotatable bonds is 4. The van der Waals surface area contributed by atoms with Crippen molar-refractivity contribution < 1.29 is 4.79 Å². The molecule has 0 aromatic heterocycles. The van der Waals surface area contributed by atoms with Crippen LogP contribution < -0.4 is 10.6 Å². The van der Waals surface area contributed by atoms with Crippen LogP contribution in [0, 0.1) is 11.8 Å². The van der Waals surface area contributed by atoms with Gasteiger partial charge in [-0.1, -0.05) is 18.2 Å². The number of amides is 1. The number of hydrogen-bond acceptors (Lipinski definition) is 3. The highest BCUT2D eigenvalue weighted by Gasteiger charge is 2.39. The monoisotopic (exact) mass is 285 g/mol. The third-order valence-corrected chi connectivity index (χ3v) is 4.85. The Kier molecular flexibility index (Phi) is 3.97. The quantitative estimate of drug-likeness (QED) is 0.834. The molecular weight excluding hydrogens is 262 g/mol. The van der Waals surface area contributed by atoms with Gasteiger partial charge in [-0.3, -0.25) is 9.69 Å². The zero-order chi connectivity index (χ0) is 14.8. The zero-order valence-corrected chi connectivity index (χ0v) is 12.5. The summed E-state index contributed by atoms with van der Waals surface area (Å²) in [5, 5.41) is 6.27. The number of benzene rings is 1. The number of nitrogens with zero attached hydrogens (tertiary/aromatic N) is 1. The van der Waals surface area contributed by atoms with Gasteiger partial charge >= 0.3 is 0 Å². The molecule has 4 heteroatoms. The summed E-state index contributed by atoms with van der Waals surface area (Å²) in [6.45, 7) is 6.03. The number of carbonyl (C=O) groups excluding carboxylic acids is 1. The minimum Gasteiger partial charge on any atom is -0.387 e. The summed E-state index contributed by atoms with van der Waals surface area (Å²) in [5.41, 5.74) is 1.58. The molecule has 3 aliphatic heterocycles. The molecule has 1 unspecified atom stereocenters. The van der Waals surface area contributed by atoms with Gasteiger partial charge in [0.1, 0.15) is 0 Å². The molecule has 112 valence electrons. The molecule has 4 rings (SSSR count). The molecule has 0 aliphatic carbocycles. The van der Waals surface area contributed by atoms with Crippen LogP contribution in [-0.2, 0) is 0 Å². The van der Waals surface area contributed by atoms with Crippen molar-refractivity contribution in [1.82, 2.24) is 10.2 Å². The Bertz CT molecular complexity index is 543. The molecule has 3 saturated heterocycles. The number of hydrogen-bond donors (Lipinski definition) is 2. The molecule has 3 fully saturated rings. The van der Waals surface area contributed by atoms with Crippen molar-refractivity contribution in [2.24, 2.45) is 11.8 Å². The molecule has 1 aromatic carbocycles. The Morgan fingerprint density at radius 2 is 2.24 bits per heavy atom. The lowest BCUT2D eigenvalue weighted by Gasteiger charge is -2.49. The summed E-state index contributed by atoms with van der Waals surface area (Å²) in [4.78, 5) is 14.9. The second-order valence-electron chi connectivity index (χ2n) is 5.96. The predicted molar refractivity (Wildman–Crippen MR) is 85.2 cm³/mol. The summed E-state index contributed by atoms with van der Waals surface area (Å²) < 4.78 is 0. The fourth-order valence-corrected chi connectivity index (χ4v) is 3.61. The highest BCUT2D eigenvalue weighted by atomic mass is 16.1. The summed E-state index contributed by atoms with van der Waals surface area (Å²) in [6.07, 6.45) is 4.49. The minimum absolute atomic E-state index is 0.00709. The number of nitrogens with one attached hydrogen (secondary N) is 2. The summed E-state index contributed by atoms with van der Waals surface area (Å²) in [6, 6.07) is 7.63. The molecule has 3 aliphatic rings. The SMILES string of the molecule is C=C[C@H]1CN2CC[C@H]1C[C@@H]2NC(=O)c1ccccc1NC. The summed E-state index contributed by atoms with van der Waals surface area (Å²) >= 11 is 0. The van der Waals surface area contributed by atoms with E-state index in [-0.39, 0.29) is 12.1 Å². The average molecular weight is 285 g/mol. The Labute approximate surface area is 126 Å². The normalized spacial score (nSPS) is 30.7. The summed E-state index contributed by atoms with van der Waals surface area (Å²) in [5.74, 6) is 1.25. The van der Waals surface area contributed by atoms with Crippen molar-refractivity contribution in [3.63, 3.8) is 0 Å². The number of fused-ring (bicyclic) bond motifs is 3. The largest absolute Gasteiger partial charge is 0.387 e. The smallest absolute Gasteiger partial charge is 0.254 e. The summed E-state index contributed by atoms with van der Waals surface area (Å²) in [7, 11) is 1.84. The van der Waals surface area contributed by atoms with Crippen LogP contribution >= 0.6 is 0 Å². The molecule has 0 radical (unpaired) electrons. The van der Waals surface area contributed by atoms with Crippen molar-refractivity contribution in [3.05, 3.63) is 42.5 Å². The Morgan fingerprint density at radius 3 is 2.90 bits per heavy atom. The van der Waals surface area contributed by atoms with Gasteiger partial charge in [-0.05, 0) is 36.8 Å². The molecule has 21 heavy (non-hydrogen) atoms. The molecule has 2 N–H and O–H groups in total. The first kappa shape index (κ1) is 14.1. The van der Waals surface area contributed by atoms with E-state index in [2.05, 4.69) is 28.2 Å². The number of carbonyl (C=O) groups is 1. The molecular formula is C17H23N3O. The van der Waals surface area contributed by atoms with Crippen molar-refractivity contribution in [2.75, 3.05) is 25.5 Å². The van der Waals surface area contributed by atoms with Gasteiger partial charge in [-0.25, -0.2) is 0 Å². The topological polar surface area (TPSA) is 44.4 Å². The van der Waals surface area contributed by atoms with Gasteiger partial charge in [-0.2, -0.15) is 0 Å². The molecule has 4 atom stereocenters. The van der Waals surface area contributed by atoms with Crippen LogP contribution in [0.3, 0.4) is 0 Å². The van der Waals surface area contributed by atoms with E-state index in [0.717, 1.165) is 25.2 Å². The van der Waals surface area contributed by atoms with Gasteiger partial charge < -0.3 is 10.6 Å². The van der Waals surface area contributed by atoms with Crippen LogP contribution in [0.15, 0.2) is 36.9 Å². The van der Waals surface area contributed by atoms with Crippen LogP contribution in [0.4, 0.5) is 5.69 Å². The van der Waals surface area contributed by atoms with Crippen molar-refractivity contribution in [1.29, 1.82) is 0 Å². The van der Waals surface area contributed by atoms with Crippen LogP contribution in [0.25, 0.3) is 0 Å². The first-order valence-corrected chi connectivity index (χ1v) is 7.67. The maximum atomic E-state index is 12.5. The first-order valence-electron chi connectivity index (χ1n) is 7.67. The third-order valence-electron chi connectivity index (χ3n) is 4.85. The van der Waals surface area contributed by atoms with Crippen molar-refractivity contribution in [3.8, 4) is 0 Å². The fourth-order valence-electron chi connectivity index (χ4n) is 3.61. The highest BCUT2D eigenvalue weighted by Crippen LogP contribution is 2.35. The first-order chi connectivity index (χ1) is 10.2. The minimum atomic E-state index is 0.00709. The lowest BCUT2D eigenvalue weighted by atomic mass is 9.77. The number of piperidine rings is 3. The molecule has 4 nitrogen and oxygen atoms in total. The Balaban J connectivity index is 1.70.